The maximum absolute atomic E-state index is 12.2. The first-order valence-electron chi connectivity index (χ1n) is 10.5. The zero-order valence-corrected chi connectivity index (χ0v) is 17.3. The predicted molar refractivity (Wildman–Crippen MR) is 116 cm³/mol. The summed E-state index contributed by atoms with van der Waals surface area (Å²) in [6.07, 6.45) is 3.83. The van der Waals surface area contributed by atoms with Gasteiger partial charge >= 0.3 is 0 Å². The number of furan rings is 1. The number of carbonyl (C=O) groups is 1. The first-order valence-corrected chi connectivity index (χ1v) is 10.5. The lowest BCUT2D eigenvalue weighted by molar-refractivity contribution is 0.0951. The highest BCUT2D eigenvalue weighted by Crippen LogP contribution is 2.20. The zero-order chi connectivity index (χ0) is 21.5. The van der Waals surface area contributed by atoms with Gasteiger partial charge in [0.2, 0.25) is 0 Å². The van der Waals surface area contributed by atoms with Crippen LogP contribution < -0.4 is 10.1 Å². The highest BCUT2D eigenvalue weighted by molar-refractivity contribution is 5.94. The SMILES string of the molecule is N#Cc1cccc(OCCN(Cc2ccc(C(=O)NC3CC3)cc2)Cc2ccco2)c1. The molecule has 0 atom stereocenters. The molecule has 1 heterocycles. The molecule has 1 fully saturated rings. The van der Waals surface area contributed by atoms with E-state index in [4.69, 9.17) is 14.4 Å². The Morgan fingerprint density at radius 1 is 1.13 bits per heavy atom. The summed E-state index contributed by atoms with van der Waals surface area (Å²) in [5, 5.41) is 12.0. The van der Waals surface area contributed by atoms with E-state index in [1.807, 2.05) is 48.5 Å². The quantitative estimate of drug-likeness (QED) is 0.539. The predicted octanol–water partition coefficient (Wildman–Crippen LogP) is 4.12. The average molecular weight is 415 g/mol. The van der Waals surface area contributed by atoms with Crippen LogP contribution in [0.1, 0.15) is 40.1 Å². The second kappa shape index (κ2) is 9.96. The summed E-state index contributed by atoms with van der Waals surface area (Å²) in [5.41, 5.74) is 2.38. The Bertz CT molecular complexity index is 1030. The fourth-order valence-corrected chi connectivity index (χ4v) is 3.30. The number of nitrogens with one attached hydrogen (secondary N) is 1. The van der Waals surface area contributed by atoms with E-state index in [-0.39, 0.29) is 5.91 Å². The van der Waals surface area contributed by atoms with Crippen LogP contribution >= 0.6 is 0 Å². The Balaban J connectivity index is 1.36. The highest BCUT2D eigenvalue weighted by Gasteiger charge is 2.23. The molecule has 6 heteroatoms. The molecular weight excluding hydrogens is 390 g/mol. The van der Waals surface area contributed by atoms with Crippen LogP contribution in [0.4, 0.5) is 0 Å². The zero-order valence-electron chi connectivity index (χ0n) is 17.3. The molecule has 0 saturated heterocycles. The first-order chi connectivity index (χ1) is 15.2. The maximum atomic E-state index is 12.2. The van der Waals surface area contributed by atoms with Gasteiger partial charge in [-0.2, -0.15) is 5.26 Å². The third-order valence-electron chi connectivity index (χ3n) is 5.13. The fraction of sp³-hybridized carbons (Fsp3) is 0.280. The van der Waals surface area contributed by atoms with Gasteiger partial charge in [0, 0.05) is 24.7 Å². The Kier molecular flexibility index (Phi) is 6.65. The number of benzene rings is 2. The van der Waals surface area contributed by atoms with Gasteiger partial charge in [0.25, 0.3) is 5.91 Å². The van der Waals surface area contributed by atoms with Crippen LogP contribution in [-0.2, 0) is 13.1 Å². The molecule has 1 amide bonds. The van der Waals surface area contributed by atoms with E-state index in [2.05, 4.69) is 16.3 Å². The van der Waals surface area contributed by atoms with Crippen molar-refractivity contribution in [2.45, 2.75) is 32.0 Å². The summed E-state index contributed by atoms with van der Waals surface area (Å²) in [6, 6.07) is 21.2. The van der Waals surface area contributed by atoms with Gasteiger partial charge in [-0.15, -0.1) is 0 Å². The van der Waals surface area contributed by atoms with Crippen molar-refractivity contribution in [1.29, 1.82) is 5.26 Å². The number of nitrogens with zero attached hydrogens (tertiary/aromatic N) is 2. The number of hydrogen-bond acceptors (Lipinski definition) is 5. The molecule has 31 heavy (non-hydrogen) atoms. The number of nitriles is 1. The molecule has 0 unspecified atom stereocenters. The second-order valence-corrected chi connectivity index (χ2v) is 7.72. The lowest BCUT2D eigenvalue weighted by Crippen LogP contribution is -2.28. The summed E-state index contributed by atoms with van der Waals surface area (Å²) in [6.45, 7) is 2.52. The molecule has 1 saturated carbocycles. The van der Waals surface area contributed by atoms with Gasteiger partial charge in [0.15, 0.2) is 0 Å². The molecule has 0 aliphatic heterocycles. The van der Waals surface area contributed by atoms with E-state index in [1.165, 1.54) is 0 Å². The van der Waals surface area contributed by atoms with Gasteiger partial charge in [-0.1, -0.05) is 18.2 Å². The summed E-state index contributed by atoms with van der Waals surface area (Å²) >= 11 is 0. The van der Waals surface area contributed by atoms with Crippen LogP contribution in [-0.4, -0.2) is 30.0 Å². The van der Waals surface area contributed by atoms with Gasteiger partial charge in [0.05, 0.1) is 24.4 Å². The molecular formula is C25H25N3O3. The van der Waals surface area contributed by atoms with Gasteiger partial charge in [-0.25, -0.2) is 0 Å². The van der Waals surface area contributed by atoms with E-state index in [9.17, 15) is 4.79 Å². The van der Waals surface area contributed by atoms with Gasteiger partial charge in [-0.3, -0.25) is 9.69 Å². The number of amides is 1. The second-order valence-electron chi connectivity index (χ2n) is 7.72. The van der Waals surface area contributed by atoms with Crippen LogP contribution in [0.5, 0.6) is 5.75 Å². The minimum Gasteiger partial charge on any atom is -0.492 e. The van der Waals surface area contributed by atoms with E-state index in [0.29, 0.717) is 49.2 Å². The molecule has 0 radical (unpaired) electrons. The number of hydrogen-bond donors (Lipinski definition) is 1. The normalized spacial score (nSPS) is 13.0. The summed E-state index contributed by atoms with van der Waals surface area (Å²) < 4.78 is 11.4. The third kappa shape index (κ3) is 6.21. The van der Waals surface area contributed by atoms with E-state index in [0.717, 1.165) is 24.2 Å². The summed E-state index contributed by atoms with van der Waals surface area (Å²) in [5.74, 6) is 1.56. The third-order valence-corrected chi connectivity index (χ3v) is 5.13. The number of rotatable bonds is 10. The maximum Gasteiger partial charge on any atom is 0.251 e. The Hall–Kier alpha value is -3.56. The smallest absolute Gasteiger partial charge is 0.251 e. The molecule has 0 spiro atoms. The molecule has 1 N–H and O–H groups in total. The van der Waals surface area contributed by atoms with Crippen molar-refractivity contribution in [2.24, 2.45) is 0 Å². The van der Waals surface area contributed by atoms with Crippen LogP contribution in [0.2, 0.25) is 0 Å². The van der Waals surface area contributed by atoms with Crippen molar-refractivity contribution in [3.8, 4) is 11.8 Å². The van der Waals surface area contributed by atoms with Gasteiger partial charge in [0.1, 0.15) is 18.1 Å². The Morgan fingerprint density at radius 3 is 2.68 bits per heavy atom. The van der Waals surface area contributed by atoms with E-state index < -0.39 is 0 Å². The summed E-state index contributed by atoms with van der Waals surface area (Å²) in [4.78, 5) is 14.4. The molecule has 6 nitrogen and oxygen atoms in total. The molecule has 4 rings (SSSR count). The Labute approximate surface area is 182 Å². The van der Waals surface area contributed by atoms with E-state index >= 15 is 0 Å². The van der Waals surface area contributed by atoms with Crippen molar-refractivity contribution in [3.63, 3.8) is 0 Å². The lowest BCUT2D eigenvalue weighted by Gasteiger charge is -2.21. The first kappa shape index (κ1) is 20.7. The van der Waals surface area contributed by atoms with Crippen molar-refractivity contribution in [1.82, 2.24) is 10.2 Å². The molecule has 0 bridgehead atoms. The Morgan fingerprint density at radius 2 is 1.97 bits per heavy atom. The number of carbonyl (C=O) groups excluding carboxylic acids is 1. The topological polar surface area (TPSA) is 78.5 Å². The van der Waals surface area contributed by atoms with Crippen LogP contribution in [0.25, 0.3) is 0 Å². The van der Waals surface area contributed by atoms with Gasteiger partial charge in [-0.05, 0) is 60.9 Å². The molecule has 1 aliphatic carbocycles. The monoisotopic (exact) mass is 415 g/mol. The van der Waals surface area contributed by atoms with Crippen molar-refractivity contribution in [3.05, 3.63) is 89.4 Å². The van der Waals surface area contributed by atoms with Crippen molar-refractivity contribution >= 4 is 5.91 Å². The van der Waals surface area contributed by atoms with Crippen molar-refractivity contribution in [2.75, 3.05) is 13.2 Å². The minimum absolute atomic E-state index is 0.00510. The van der Waals surface area contributed by atoms with Crippen LogP contribution in [0, 0.1) is 11.3 Å². The molecule has 1 aliphatic rings. The molecule has 158 valence electrons. The lowest BCUT2D eigenvalue weighted by atomic mass is 10.1. The summed E-state index contributed by atoms with van der Waals surface area (Å²) in [7, 11) is 0. The van der Waals surface area contributed by atoms with Gasteiger partial charge < -0.3 is 14.5 Å². The van der Waals surface area contributed by atoms with Crippen LogP contribution in [0.3, 0.4) is 0 Å². The number of ether oxygens (including phenoxy) is 1. The van der Waals surface area contributed by atoms with Crippen molar-refractivity contribution < 1.29 is 13.9 Å². The average Bonchev–Trinajstić information content (AvgIpc) is 3.46. The fourth-order valence-electron chi connectivity index (χ4n) is 3.30. The molecule has 3 aromatic rings. The van der Waals surface area contributed by atoms with E-state index in [1.54, 1.807) is 18.4 Å². The highest BCUT2D eigenvalue weighted by atomic mass is 16.5. The standard InChI is InChI=1S/C25H25N3O3/c26-16-20-3-1-4-23(15-20)31-14-12-28(18-24-5-2-13-30-24)17-19-6-8-21(9-7-19)25(29)27-22-10-11-22/h1-9,13,15,22H,10-12,14,17-18H2,(H,27,29). The molecule has 2 aromatic carbocycles. The van der Waals surface area contributed by atoms with Crippen LogP contribution in [0.15, 0.2) is 71.3 Å². The minimum atomic E-state index is -0.00510. The molecule has 1 aromatic heterocycles. The largest absolute Gasteiger partial charge is 0.492 e.